The van der Waals surface area contributed by atoms with Crippen molar-refractivity contribution in [2.24, 2.45) is 5.10 Å². The Morgan fingerprint density at radius 3 is 2.55 bits per heavy atom. The molecule has 40 heavy (non-hydrogen) atoms. The van der Waals surface area contributed by atoms with E-state index in [-0.39, 0.29) is 24.8 Å². The fourth-order valence-electron chi connectivity index (χ4n) is 4.15. The molecule has 3 amide bonds. The lowest BCUT2D eigenvalue weighted by Crippen LogP contribution is -2.39. The molecule has 11 nitrogen and oxygen atoms in total. The van der Waals surface area contributed by atoms with Gasteiger partial charge in [0.2, 0.25) is 5.91 Å². The lowest BCUT2D eigenvalue weighted by molar-refractivity contribution is -0.141. The van der Waals surface area contributed by atoms with Crippen LogP contribution in [0.1, 0.15) is 33.5 Å². The molecule has 3 N–H and O–H groups in total. The van der Waals surface area contributed by atoms with Gasteiger partial charge in [0, 0.05) is 37.6 Å². The van der Waals surface area contributed by atoms with E-state index in [0.29, 0.717) is 29.0 Å². The van der Waals surface area contributed by atoms with Crippen LogP contribution in [-0.4, -0.2) is 60.2 Å². The van der Waals surface area contributed by atoms with Crippen molar-refractivity contribution in [3.63, 3.8) is 0 Å². The number of carboxylic acids is 1. The number of carbonyl (C=O) groups excluding carboxylic acids is 3. The third-order valence-corrected chi connectivity index (χ3v) is 6.31. The molecule has 3 aromatic carbocycles. The second-order valence-corrected chi connectivity index (χ2v) is 9.25. The third-order valence-electron chi connectivity index (χ3n) is 6.31. The molecule has 0 saturated carbocycles. The fourth-order valence-corrected chi connectivity index (χ4v) is 4.15. The Labute approximate surface area is 231 Å². The summed E-state index contributed by atoms with van der Waals surface area (Å²) in [6.45, 7) is 0.430. The first-order valence-corrected chi connectivity index (χ1v) is 12.5. The van der Waals surface area contributed by atoms with Crippen LogP contribution in [0.4, 0.5) is 16.2 Å². The zero-order valence-corrected chi connectivity index (χ0v) is 22.0. The largest absolute Gasteiger partial charge is 0.481 e. The quantitative estimate of drug-likeness (QED) is 0.292. The number of carboxylic acid groups (broad SMARTS) is 1. The first-order valence-electron chi connectivity index (χ1n) is 12.5. The van der Waals surface area contributed by atoms with Crippen LogP contribution in [0.25, 0.3) is 0 Å². The summed E-state index contributed by atoms with van der Waals surface area (Å²) in [5.41, 5.74) is 6.20. The standard InChI is InChI=1S/C29H29N5O6/c1-33-17-22-11-10-21(14-24(22)31-25(28(33)38)15-26(35)36)27(37)34(2)23-12-8-19(9-13-23)16-30-32-29(39)40-18-20-6-4-3-5-7-20/h3-14,16,25,31H,15,17-18H2,1-2H3,(H,32,39)(H,35,36)/t25-/m1/s1. The lowest BCUT2D eigenvalue weighted by Gasteiger charge is -2.19. The number of anilines is 2. The molecule has 0 aliphatic carbocycles. The van der Waals surface area contributed by atoms with E-state index >= 15 is 0 Å². The van der Waals surface area contributed by atoms with Crippen molar-refractivity contribution in [1.82, 2.24) is 10.3 Å². The number of ether oxygens (including phenoxy) is 1. The van der Waals surface area contributed by atoms with E-state index < -0.39 is 18.1 Å². The molecule has 1 atom stereocenters. The zero-order valence-electron chi connectivity index (χ0n) is 22.0. The number of aliphatic carboxylic acids is 1. The summed E-state index contributed by atoms with van der Waals surface area (Å²) < 4.78 is 5.10. The molecular weight excluding hydrogens is 514 g/mol. The number of hydrogen-bond donors (Lipinski definition) is 3. The van der Waals surface area contributed by atoms with Crippen LogP contribution in [0.2, 0.25) is 0 Å². The highest BCUT2D eigenvalue weighted by Crippen LogP contribution is 2.26. The Balaban J connectivity index is 1.37. The Bertz CT molecular complexity index is 1420. The van der Waals surface area contributed by atoms with E-state index in [4.69, 9.17) is 4.74 Å². The zero-order chi connectivity index (χ0) is 28.6. The predicted octanol–water partition coefficient (Wildman–Crippen LogP) is 3.45. The Morgan fingerprint density at radius 1 is 1.12 bits per heavy atom. The highest BCUT2D eigenvalue weighted by Gasteiger charge is 2.29. The number of fused-ring (bicyclic) bond motifs is 1. The SMILES string of the molecule is CN1Cc2ccc(C(=O)N(C)c3ccc(C=NNC(=O)OCc4ccccc4)cc3)cc2N[C@H](CC(=O)O)C1=O. The maximum atomic E-state index is 13.2. The number of nitrogens with one attached hydrogen (secondary N) is 2. The molecule has 0 radical (unpaired) electrons. The number of nitrogens with zero attached hydrogens (tertiary/aromatic N) is 3. The molecule has 4 rings (SSSR count). The van der Waals surface area contributed by atoms with Crippen LogP contribution in [0.5, 0.6) is 0 Å². The van der Waals surface area contributed by atoms with Crippen LogP contribution in [-0.2, 0) is 27.5 Å². The van der Waals surface area contributed by atoms with Gasteiger partial charge >= 0.3 is 12.1 Å². The van der Waals surface area contributed by atoms with Gasteiger partial charge in [-0.1, -0.05) is 48.5 Å². The molecule has 1 aliphatic rings. The van der Waals surface area contributed by atoms with Crippen LogP contribution in [0.3, 0.4) is 0 Å². The van der Waals surface area contributed by atoms with Crippen molar-refractivity contribution in [2.45, 2.75) is 25.6 Å². The summed E-state index contributed by atoms with van der Waals surface area (Å²) in [6, 6.07) is 20.4. The molecule has 0 aromatic heterocycles. The molecule has 0 fully saturated rings. The molecular formula is C29H29N5O6. The molecule has 3 aromatic rings. The van der Waals surface area contributed by atoms with Gasteiger partial charge in [0.05, 0.1) is 12.6 Å². The molecule has 0 bridgehead atoms. The van der Waals surface area contributed by atoms with Gasteiger partial charge in [0.25, 0.3) is 5.91 Å². The van der Waals surface area contributed by atoms with Crippen LogP contribution in [0, 0.1) is 0 Å². The van der Waals surface area contributed by atoms with Crippen LogP contribution in [0.15, 0.2) is 77.9 Å². The van der Waals surface area contributed by atoms with E-state index in [0.717, 1.165) is 11.1 Å². The van der Waals surface area contributed by atoms with E-state index in [1.165, 1.54) is 16.0 Å². The minimum Gasteiger partial charge on any atom is -0.481 e. The number of benzene rings is 3. The molecule has 0 unspecified atom stereocenters. The highest BCUT2D eigenvalue weighted by molar-refractivity contribution is 6.06. The number of carbonyl (C=O) groups is 4. The topological polar surface area (TPSA) is 141 Å². The Hall–Kier alpha value is -5.19. The molecule has 206 valence electrons. The van der Waals surface area contributed by atoms with Gasteiger partial charge in [-0.15, -0.1) is 0 Å². The smallest absolute Gasteiger partial charge is 0.428 e. The average Bonchev–Trinajstić information content (AvgIpc) is 3.06. The molecule has 1 aliphatic heterocycles. The van der Waals surface area contributed by atoms with E-state index in [1.807, 2.05) is 30.3 Å². The van der Waals surface area contributed by atoms with E-state index in [9.17, 15) is 24.3 Å². The summed E-state index contributed by atoms with van der Waals surface area (Å²) in [7, 11) is 3.25. The summed E-state index contributed by atoms with van der Waals surface area (Å²) in [5.74, 6) is -1.71. The van der Waals surface area contributed by atoms with Crippen molar-refractivity contribution >= 4 is 41.5 Å². The molecule has 0 saturated heterocycles. The van der Waals surface area contributed by atoms with Crippen LogP contribution < -0.4 is 15.6 Å². The number of hydrazone groups is 1. The molecule has 1 heterocycles. The first kappa shape index (κ1) is 27.8. The van der Waals surface area contributed by atoms with Crippen molar-refractivity contribution in [1.29, 1.82) is 0 Å². The highest BCUT2D eigenvalue weighted by atomic mass is 16.6. The minimum atomic E-state index is -1.10. The monoisotopic (exact) mass is 543 g/mol. The van der Waals surface area contributed by atoms with Gasteiger partial charge in [-0.3, -0.25) is 14.4 Å². The van der Waals surface area contributed by atoms with Gasteiger partial charge in [0.1, 0.15) is 12.6 Å². The maximum Gasteiger partial charge on any atom is 0.428 e. The normalized spacial score (nSPS) is 14.6. The van der Waals surface area contributed by atoms with E-state index in [2.05, 4.69) is 15.8 Å². The van der Waals surface area contributed by atoms with Gasteiger partial charge in [-0.05, 0) is 41.0 Å². The van der Waals surface area contributed by atoms with Gasteiger partial charge in [-0.25, -0.2) is 10.2 Å². The van der Waals surface area contributed by atoms with Gasteiger partial charge < -0.3 is 25.0 Å². The number of likely N-dealkylation sites (N-methyl/N-ethyl adjacent to an activating group) is 1. The van der Waals surface area contributed by atoms with Crippen LogP contribution >= 0.6 is 0 Å². The first-order chi connectivity index (χ1) is 19.2. The molecule has 11 heteroatoms. The number of rotatable bonds is 8. The maximum absolute atomic E-state index is 13.2. The average molecular weight is 544 g/mol. The van der Waals surface area contributed by atoms with Crippen molar-refractivity contribution in [3.8, 4) is 0 Å². The van der Waals surface area contributed by atoms with E-state index in [1.54, 1.807) is 56.6 Å². The third kappa shape index (κ3) is 7.01. The second kappa shape index (κ2) is 12.6. The van der Waals surface area contributed by atoms with Crippen molar-refractivity contribution in [2.75, 3.05) is 24.3 Å². The predicted molar refractivity (Wildman–Crippen MR) is 149 cm³/mol. The van der Waals surface area contributed by atoms with Gasteiger partial charge in [-0.2, -0.15) is 5.10 Å². The lowest BCUT2D eigenvalue weighted by atomic mass is 10.1. The summed E-state index contributed by atoms with van der Waals surface area (Å²) in [4.78, 5) is 51.8. The number of amides is 3. The van der Waals surface area contributed by atoms with Crippen molar-refractivity contribution in [3.05, 3.63) is 95.1 Å². The Kier molecular flexibility index (Phi) is 8.75. The van der Waals surface area contributed by atoms with Gasteiger partial charge in [0.15, 0.2) is 0 Å². The fraction of sp³-hybridized carbons (Fsp3) is 0.207. The Morgan fingerprint density at radius 2 is 1.85 bits per heavy atom. The molecule has 0 spiro atoms. The summed E-state index contributed by atoms with van der Waals surface area (Å²) in [6.07, 6.45) is 0.405. The number of hydrogen-bond acceptors (Lipinski definition) is 7. The summed E-state index contributed by atoms with van der Waals surface area (Å²) >= 11 is 0. The second-order valence-electron chi connectivity index (χ2n) is 9.25. The van der Waals surface area contributed by atoms with Crippen molar-refractivity contribution < 1.29 is 29.0 Å². The minimum absolute atomic E-state index is 0.135. The summed E-state index contributed by atoms with van der Waals surface area (Å²) in [5, 5.41) is 16.1.